The zero-order chi connectivity index (χ0) is 20.3. The topological polar surface area (TPSA) is 93.1 Å². The summed E-state index contributed by atoms with van der Waals surface area (Å²) < 4.78 is 1.28. The fourth-order valence-electron chi connectivity index (χ4n) is 2.68. The lowest BCUT2D eigenvalue weighted by Crippen LogP contribution is -2.28. The second-order valence-electron chi connectivity index (χ2n) is 6.92. The number of benzene rings is 2. The first-order chi connectivity index (χ1) is 13.3. The van der Waals surface area contributed by atoms with E-state index < -0.39 is 0 Å². The van der Waals surface area contributed by atoms with Gasteiger partial charge in [-0.1, -0.05) is 32.0 Å². The van der Waals surface area contributed by atoms with Crippen LogP contribution in [0.3, 0.4) is 0 Å². The molecule has 0 unspecified atom stereocenters. The Morgan fingerprint density at radius 3 is 2.61 bits per heavy atom. The summed E-state index contributed by atoms with van der Waals surface area (Å²) in [6.45, 7) is 5.31. The van der Waals surface area contributed by atoms with Gasteiger partial charge in [0, 0.05) is 17.3 Å². The molecule has 0 aliphatic carbocycles. The molecule has 1 aromatic heterocycles. The number of anilines is 2. The highest BCUT2D eigenvalue weighted by Gasteiger charge is 2.12. The van der Waals surface area contributed by atoms with Gasteiger partial charge in [0.2, 0.25) is 11.8 Å². The van der Waals surface area contributed by atoms with Gasteiger partial charge in [-0.15, -0.1) is 0 Å². The molecule has 2 N–H and O–H groups in total. The molecular formula is C21H22N4O3. The average Bonchev–Trinajstić information content (AvgIpc) is 2.67. The molecule has 0 bridgehead atoms. The number of carbonyl (C=O) groups is 2. The van der Waals surface area contributed by atoms with Crippen molar-refractivity contribution in [2.75, 3.05) is 10.6 Å². The average molecular weight is 378 g/mol. The molecule has 2 aromatic carbocycles. The number of amides is 2. The maximum atomic E-state index is 12.5. The van der Waals surface area contributed by atoms with E-state index in [1.165, 1.54) is 10.9 Å². The Morgan fingerprint density at radius 2 is 1.86 bits per heavy atom. The van der Waals surface area contributed by atoms with Crippen LogP contribution in [0, 0.1) is 12.8 Å². The van der Waals surface area contributed by atoms with Crippen LogP contribution < -0.4 is 16.2 Å². The number of hydrogen-bond acceptors (Lipinski definition) is 4. The van der Waals surface area contributed by atoms with Crippen LogP contribution in [0.25, 0.3) is 10.9 Å². The fraction of sp³-hybridized carbons (Fsp3) is 0.238. The number of para-hydroxylation sites is 1. The van der Waals surface area contributed by atoms with Gasteiger partial charge in [0.15, 0.2) is 0 Å². The first-order valence-electron chi connectivity index (χ1n) is 9.00. The second-order valence-corrected chi connectivity index (χ2v) is 6.92. The zero-order valence-electron chi connectivity index (χ0n) is 16.0. The van der Waals surface area contributed by atoms with Crippen molar-refractivity contribution in [3.8, 4) is 0 Å². The van der Waals surface area contributed by atoms with Crippen LogP contribution in [0.5, 0.6) is 0 Å². The third kappa shape index (κ3) is 4.25. The Labute approximate surface area is 162 Å². The molecule has 144 valence electrons. The Hall–Kier alpha value is -3.48. The number of nitrogens with zero attached hydrogens (tertiary/aromatic N) is 2. The smallest absolute Gasteiger partial charge is 0.261 e. The van der Waals surface area contributed by atoms with Crippen molar-refractivity contribution in [2.45, 2.75) is 27.3 Å². The van der Waals surface area contributed by atoms with Crippen LogP contribution >= 0.6 is 0 Å². The molecule has 0 fully saturated rings. The molecule has 0 aliphatic heterocycles. The van der Waals surface area contributed by atoms with Gasteiger partial charge in [0.1, 0.15) is 6.54 Å². The summed E-state index contributed by atoms with van der Waals surface area (Å²) in [5.74, 6) is -0.601. The lowest BCUT2D eigenvalue weighted by Gasteiger charge is -2.13. The molecule has 7 heteroatoms. The normalized spacial score (nSPS) is 10.9. The van der Waals surface area contributed by atoms with Crippen LogP contribution in [0.2, 0.25) is 0 Å². The molecule has 1 heterocycles. The Kier molecular flexibility index (Phi) is 5.54. The number of hydrogen-bond donors (Lipinski definition) is 2. The SMILES string of the molecule is Cc1ccc(NC(=O)C(C)C)cc1NC(=O)Cn1cnc2ccccc2c1=O. The van der Waals surface area contributed by atoms with Crippen molar-refractivity contribution in [3.63, 3.8) is 0 Å². The third-order valence-electron chi connectivity index (χ3n) is 4.35. The van der Waals surface area contributed by atoms with Crippen molar-refractivity contribution in [1.82, 2.24) is 9.55 Å². The van der Waals surface area contributed by atoms with Crippen molar-refractivity contribution in [3.05, 3.63) is 64.7 Å². The zero-order valence-corrected chi connectivity index (χ0v) is 16.0. The first-order valence-corrected chi connectivity index (χ1v) is 9.00. The molecule has 2 amide bonds. The van der Waals surface area contributed by atoms with E-state index in [0.29, 0.717) is 22.3 Å². The standard InChI is InChI=1S/C21H22N4O3/c1-13(2)20(27)23-15-9-8-14(3)18(10-15)24-19(26)11-25-12-22-17-7-5-4-6-16(17)21(25)28/h4-10,12-13H,11H2,1-3H3,(H,23,27)(H,24,26). The van der Waals surface area contributed by atoms with Crippen LogP contribution in [-0.2, 0) is 16.1 Å². The number of aromatic nitrogens is 2. The van der Waals surface area contributed by atoms with E-state index in [9.17, 15) is 14.4 Å². The molecular weight excluding hydrogens is 356 g/mol. The summed E-state index contributed by atoms with van der Waals surface area (Å²) in [5.41, 5.74) is 2.35. The van der Waals surface area contributed by atoms with Gasteiger partial charge in [-0.25, -0.2) is 4.98 Å². The van der Waals surface area contributed by atoms with Gasteiger partial charge in [-0.2, -0.15) is 0 Å². The fourth-order valence-corrected chi connectivity index (χ4v) is 2.68. The third-order valence-corrected chi connectivity index (χ3v) is 4.35. The minimum Gasteiger partial charge on any atom is -0.326 e. The molecule has 0 spiro atoms. The number of fused-ring (bicyclic) bond motifs is 1. The second kappa shape index (κ2) is 8.04. The highest BCUT2D eigenvalue weighted by Crippen LogP contribution is 2.21. The predicted octanol–water partition coefficient (Wildman–Crippen LogP) is 2.94. The number of rotatable bonds is 5. The number of aryl methyl sites for hydroxylation is 1. The maximum Gasteiger partial charge on any atom is 0.261 e. The van der Waals surface area contributed by atoms with Crippen LogP contribution in [-0.4, -0.2) is 21.4 Å². The summed E-state index contributed by atoms with van der Waals surface area (Å²) in [4.78, 5) is 41.1. The largest absolute Gasteiger partial charge is 0.326 e. The van der Waals surface area contributed by atoms with E-state index in [-0.39, 0.29) is 29.8 Å². The molecule has 0 atom stereocenters. The van der Waals surface area contributed by atoms with Crippen LogP contribution in [0.15, 0.2) is 53.6 Å². The summed E-state index contributed by atoms with van der Waals surface area (Å²) in [5, 5.41) is 6.07. The van der Waals surface area contributed by atoms with Gasteiger partial charge in [-0.3, -0.25) is 19.0 Å². The minimum atomic E-state index is -0.352. The predicted molar refractivity (Wildman–Crippen MR) is 109 cm³/mol. The summed E-state index contributed by atoms with van der Waals surface area (Å²) in [6.07, 6.45) is 1.37. The van der Waals surface area contributed by atoms with Gasteiger partial charge in [0.05, 0.1) is 17.2 Å². The highest BCUT2D eigenvalue weighted by molar-refractivity contribution is 5.95. The van der Waals surface area contributed by atoms with E-state index in [0.717, 1.165) is 5.56 Å². The summed E-state index contributed by atoms with van der Waals surface area (Å²) >= 11 is 0. The highest BCUT2D eigenvalue weighted by atomic mass is 16.2. The number of carbonyl (C=O) groups excluding carboxylic acids is 2. The van der Waals surface area contributed by atoms with E-state index in [1.807, 2.05) is 26.8 Å². The number of nitrogens with one attached hydrogen (secondary N) is 2. The first kappa shape index (κ1) is 19.3. The maximum absolute atomic E-state index is 12.5. The van der Waals surface area contributed by atoms with Crippen molar-refractivity contribution >= 4 is 34.1 Å². The van der Waals surface area contributed by atoms with Crippen molar-refractivity contribution in [1.29, 1.82) is 0 Å². The molecule has 3 rings (SSSR count). The van der Waals surface area contributed by atoms with Gasteiger partial charge in [-0.05, 0) is 36.8 Å². The monoisotopic (exact) mass is 378 g/mol. The lowest BCUT2D eigenvalue weighted by atomic mass is 10.1. The van der Waals surface area contributed by atoms with Crippen LogP contribution in [0.4, 0.5) is 11.4 Å². The Balaban J connectivity index is 1.77. The van der Waals surface area contributed by atoms with Crippen molar-refractivity contribution < 1.29 is 9.59 Å². The molecule has 28 heavy (non-hydrogen) atoms. The molecule has 0 radical (unpaired) electrons. The quantitative estimate of drug-likeness (QED) is 0.714. The molecule has 0 aliphatic rings. The van der Waals surface area contributed by atoms with Crippen LogP contribution in [0.1, 0.15) is 19.4 Å². The Bertz CT molecular complexity index is 1100. The molecule has 7 nitrogen and oxygen atoms in total. The molecule has 0 saturated carbocycles. The van der Waals surface area contributed by atoms with E-state index >= 15 is 0 Å². The van der Waals surface area contributed by atoms with Gasteiger partial charge >= 0.3 is 0 Å². The van der Waals surface area contributed by atoms with Crippen molar-refractivity contribution in [2.24, 2.45) is 5.92 Å². The van der Waals surface area contributed by atoms with Gasteiger partial charge in [0.25, 0.3) is 5.56 Å². The Morgan fingerprint density at radius 1 is 1.11 bits per heavy atom. The molecule has 3 aromatic rings. The summed E-state index contributed by atoms with van der Waals surface area (Å²) in [6, 6.07) is 12.3. The summed E-state index contributed by atoms with van der Waals surface area (Å²) in [7, 11) is 0. The lowest BCUT2D eigenvalue weighted by molar-refractivity contribution is -0.119. The van der Waals surface area contributed by atoms with E-state index in [1.54, 1.807) is 36.4 Å². The molecule has 0 saturated heterocycles. The van der Waals surface area contributed by atoms with Gasteiger partial charge < -0.3 is 10.6 Å². The van der Waals surface area contributed by atoms with E-state index in [4.69, 9.17) is 0 Å². The minimum absolute atomic E-state index is 0.102. The van der Waals surface area contributed by atoms with E-state index in [2.05, 4.69) is 15.6 Å².